The van der Waals surface area contributed by atoms with Crippen LogP contribution in [0.25, 0.3) is 11.0 Å². The Bertz CT molecular complexity index is 705. The van der Waals surface area contributed by atoms with Crippen molar-refractivity contribution in [1.82, 2.24) is 25.1 Å². The van der Waals surface area contributed by atoms with Crippen molar-refractivity contribution in [2.75, 3.05) is 0 Å². The molecule has 0 aliphatic rings. The van der Waals surface area contributed by atoms with Crippen molar-refractivity contribution in [2.24, 2.45) is 0 Å². The van der Waals surface area contributed by atoms with Crippen LogP contribution in [0.1, 0.15) is 24.9 Å². The van der Waals surface area contributed by atoms with Gasteiger partial charge in [-0.05, 0) is 30.7 Å². The smallest absolute Gasteiger partial charge is 0.123 e. The molecule has 3 rings (SSSR count). The van der Waals surface area contributed by atoms with Crippen LogP contribution in [0.2, 0.25) is 0 Å². The SMILES string of the molecule is CCCn1c(CNCc2cccnn2)nc2ccccc21. The Morgan fingerprint density at radius 2 is 2.00 bits per heavy atom. The van der Waals surface area contributed by atoms with Crippen LogP contribution in [-0.2, 0) is 19.6 Å². The zero-order valence-electron chi connectivity index (χ0n) is 12.2. The van der Waals surface area contributed by atoms with E-state index in [1.807, 2.05) is 18.2 Å². The molecule has 2 heterocycles. The number of hydrogen-bond donors (Lipinski definition) is 1. The van der Waals surface area contributed by atoms with Gasteiger partial charge in [0.25, 0.3) is 0 Å². The van der Waals surface area contributed by atoms with Crippen molar-refractivity contribution in [2.45, 2.75) is 33.0 Å². The predicted octanol–water partition coefficient (Wildman–Crippen LogP) is 2.53. The van der Waals surface area contributed by atoms with E-state index in [1.54, 1.807) is 6.20 Å². The number of nitrogens with zero attached hydrogens (tertiary/aromatic N) is 4. The summed E-state index contributed by atoms with van der Waals surface area (Å²) in [6, 6.07) is 12.2. The Labute approximate surface area is 124 Å². The maximum Gasteiger partial charge on any atom is 0.123 e. The molecular formula is C16H19N5. The highest BCUT2D eigenvalue weighted by molar-refractivity contribution is 5.75. The van der Waals surface area contributed by atoms with Gasteiger partial charge in [0.2, 0.25) is 0 Å². The molecular weight excluding hydrogens is 262 g/mol. The fourth-order valence-electron chi connectivity index (χ4n) is 2.46. The van der Waals surface area contributed by atoms with E-state index in [-0.39, 0.29) is 0 Å². The molecule has 0 bridgehead atoms. The molecule has 5 heteroatoms. The number of aryl methyl sites for hydroxylation is 1. The van der Waals surface area contributed by atoms with E-state index in [0.29, 0.717) is 6.54 Å². The average molecular weight is 281 g/mol. The summed E-state index contributed by atoms with van der Waals surface area (Å²) in [6.07, 6.45) is 2.78. The fourth-order valence-corrected chi connectivity index (χ4v) is 2.46. The van der Waals surface area contributed by atoms with Crippen LogP contribution in [0.3, 0.4) is 0 Å². The second-order valence-corrected chi connectivity index (χ2v) is 4.99. The second kappa shape index (κ2) is 6.45. The molecule has 0 spiro atoms. The van der Waals surface area contributed by atoms with E-state index in [9.17, 15) is 0 Å². The first-order valence-electron chi connectivity index (χ1n) is 7.30. The van der Waals surface area contributed by atoms with Crippen LogP contribution < -0.4 is 5.32 Å². The van der Waals surface area contributed by atoms with Crippen molar-refractivity contribution in [3.8, 4) is 0 Å². The lowest BCUT2D eigenvalue weighted by molar-refractivity contribution is 0.591. The second-order valence-electron chi connectivity index (χ2n) is 4.99. The van der Waals surface area contributed by atoms with Crippen LogP contribution in [0.15, 0.2) is 42.6 Å². The van der Waals surface area contributed by atoms with Gasteiger partial charge in [0.1, 0.15) is 5.82 Å². The molecule has 0 radical (unpaired) electrons. The van der Waals surface area contributed by atoms with Crippen molar-refractivity contribution < 1.29 is 0 Å². The van der Waals surface area contributed by atoms with E-state index in [2.05, 4.69) is 45.2 Å². The minimum atomic E-state index is 0.698. The molecule has 0 amide bonds. The lowest BCUT2D eigenvalue weighted by atomic mass is 10.3. The first-order valence-corrected chi connectivity index (χ1v) is 7.30. The minimum Gasteiger partial charge on any atom is -0.327 e. The molecule has 1 N–H and O–H groups in total. The summed E-state index contributed by atoms with van der Waals surface area (Å²) >= 11 is 0. The monoisotopic (exact) mass is 281 g/mol. The van der Waals surface area contributed by atoms with Crippen LogP contribution in [0.5, 0.6) is 0 Å². The summed E-state index contributed by atoms with van der Waals surface area (Å²) in [7, 11) is 0. The van der Waals surface area contributed by atoms with Gasteiger partial charge in [0.05, 0.1) is 23.3 Å². The number of aromatic nitrogens is 4. The first-order chi connectivity index (χ1) is 10.4. The van der Waals surface area contributed by atoms with Crippen molar-refractivity contribution in [3.63, 3.8) is 0 Å². The highest BCUT2D eigenvalue weighted by Gasteiger charge is 2.09. The van der Waals surface area contributed by atoms with E-state index in [1.165, 1.54) is 5.52 Å². The topological polar surface area (TPSA) is 55.6 Å². The Kier molecular flexibility index (Phi) is 4.21. The van der Waals surface area contributed by atoms with Crippen molar-refractivity contribution in [3.05, 3.63) is 54.1 Å². The molecule has 2 aromatic heterocycles. The predicted molar refractivity (Wildman–Crippen MR) is 82.6 cm³/mol. The zero-order chi connectivity index (χ0) is 14.5. The lowest BCUT2D eigenvalue weighted by Gasteiger charge is -2.08. The highest BCUT2D eigenvalue weighted by Crippen LogP contribution is 2.16. The van der Waals surface area contributed by atoms with Gasteiger partial charge < -0.3 is 9.88 Å². The first kappa shape index (κ1) is 13.7. The number of hydrogen-bond acceptors (Lipinski definition) is 4. The van der Waals surface area contributed by atoms with E-state index in [4.69, 9.17) is 4.98 Å². The summed E-state index contributed by atoms with van der Waals surface area (Å²) in [5, 5.41) is 11.3. The van der Waals surface area contributed by atoms with Gasteiger partial charge in [-0.1, -0.05) is 19.1 Å². The molecule has 0 aliphatic heterocycles. The summed E-state index contributed by atoms with van der Waals surface area (Å²) < 4.78 is 2.29. The largest absolute Gasteiger partial charge is 0.327 e. The van der Waals surface area contributed by atoms with Gasteiger partial charge in [0, 0.05) is 19.3 Å². The number of benzene rings is 1. The van der Waals surface area contributed by atoms with Crippen LogP contribution in [0, 0.1) is 0 Å². The Balaban J connectivity index is 1.75. The molecule has 108 valence electrons. The third-order valence-corrected chi connectivity index (χ3v) is 3.40. The quantitative estimate of drug-likeness (QED) is 0.754. The molecule has 1 aromatic carbocycles. The molecule has 21 heavy (non-hydrogen) atoms. The molecule has 0 fully saturated rings. The Morgan fingerprint density at radius 3 is 2.81 bits per heavy atom. The van der Waals surface area contributed by atoms with Crippen molar-refractivity contribution in [1.29, 1.82) is 0 Å². The van der Waals surface area contributed by atoms with Gasteiger partial charge in [-0.2, -0.15) is 10.2 Å². The highest BCUT2D eigenvalue weighted by atomic mass is 15.1. The number of fused-ring (bicyclic) bond motifs is 1. The summed E-state index contributed by atoms with van der Waals surface area (Å²) in [5.74, 6) is 1.07. The number of para-hydroxylation sites is 2. The minimum absolute atomic E-state index is 0.698. The van der Waals surface area contributed by atoms with Gasteiger partial charge >= 0.3 is 0 Å². The Hall–Kier alpha value is -2.27. The molecule has 0 saturated heterocycles. The third kappa shape index (κ3) is 3.08. The van der Waals surface area contributed by atoms with Crippen LogP contribution in [-0.4, -0.2) is 19.7 Å². The fraction of sp³-hybridized carbons (Fsp3) is 0.312. The van der Waals surface area contributed by atoms with Gasteiger partial charge in [-0.25, -0.2) is 4.98 Å². The summed E-state index contributed by atoms with van der Waals surface area (Å²) in [5.41, 5.74) is 3.20. The van der Waals surface area contributed by atoms with Gasteiger partial charge in [-0.3, -0.25) is 0 Å². The standard InChI is InChI=1S/C16H19N5/c1-2-10-21-15-8-4-3-7-14(15)19-16(21)12-17-11-13-6-5-9-18-20-13/h3-9,17H,2,10-12H2,1H3. The molecule has 0 saturated carbocycles. The molecule has 0 atom stereocenters. The zero-order valence-corrected chi connectivity index (χ0v) is 12.2. The average Bonchev–Trinajstić information content (AvgIpc) is 2.87. The number of rotatable bonds is 6. The number of nitrogens with one attached hydrogen (secondary N) is 1. The molecule has 3 aromatic rings. The van der Waals surface area contributed by atoms with Crippen LogP contribution >= 0.6 is 0 Å². The molecule has 0 unspecified atom stereocenters. The van der Waals surface area contributed by atoms with E-state index >= 15 is 0 Å². The lowest BCUT2D eigenvalue weighted by Crippen LogP contribution is -2.17. The summed E-state index contributed by atoms with van der Waals surface area (Å²) in [4.78, 5) is 4.73. The molecule has 5 nitrogen and oxygen atoms in total. The van der Waals surface area contributed by atoms with Gasteiger partial charge in [-0.15, -0.1) is 0 Å². The van der Waals surface area contributed by atoms with Crippen LogP contribution in [0.4, 0.5) is 0 Å². The van der Waals surface area contributed by atoms with E-state index < -0.39 is 0 Å². The third-order valence-electron chi connectivity index (χ3n) is 3.40. The van der Waals surface area contributed by atoms with Gasteiger partial charge in [0.15, 0.2) is 0 Å². The Morgan fingerprint density at radius 1 is 1.10 bits per heavy atom. The summed E-state index contributed by atoms with van der Waals surface area (Å²) in [6.45, 7) is 4.60. The molecule has 0 aliphatic carbocycles. The number of imidazole rings is 1. The normalized spacial score (nSPS) is 11.1. The maximum absolute atomic E-state index is 4.73. The maximum atomic E-state index is 4.73. The van der Waals surface area contributed by atoms with E-state index in [0.717, 1.165) is 36.5 Å². The van der Waals surface area contributed by atoms with Crippen molar-refractivity contribution >= 4 is 11.0 Å².